The zero-order valence-corrected chi connectivity index (χ0v) is 12.8. The van der Waals surface area contributed by atoms with Gasteiger partial charge in [-0.15, -0.1) is 0 Å². The minimum absolute atomic E-state index is 0.202. The summed E-state index contributed by atoms with van der Waals surface area (Å²) in [6.45, 7) is 5.49. The van der Waals surface area contributed by atoms with Crippen LogP contribution >= 0.6 is 0 Å². The Morgan fingerprint density at radius 2 is 1.17 bits per heavy atom. The molecular formula is C16H36N2. The molecule has 0 bridgehead atoms. The Morgan fingerprint density at radius 1 is 0.722 bits per heavy atom. The van der Waals surface area contributed by atoms with Crippen LogP contribution in [-0.4, -0.2) is 12.7 Å². The molecule has 0 saturated heterocycles. The first kappa shape index (κ1) is 17.9. The summed E-state index contributed by atoms with van der Waals surface area (Å²) in [5, 5.41) is 3.34. The van der Waals surface area contributed by atoms with Crippen molar-refractivity contribution in [1.82, 2.24) is 5.32 Å². The molecule has 0 aromatic heterocycles. The molecule has 0 spiro atoms. The van der Waals surface area contributed by atoms with Crippen LogP contribution in [0.1, 0.15) is 90.9 Å². The lowest BCUT2D eigenvalue weighted by Gasteiger charge is -2.10. The number of hydrogen-bond acceptors (Lipinski definition) is 2. The Balaban J connectivity index is 2.94. The fourth-order valence-corrected chi connectivity index (χ4v) is 2.22. The summed E-state index contributed by atoms with van der Waals surface area (Å²) in [7, 11) is 0. The van der Waals surface area contributed by atoms with Gasteiger partial charge in [0.1, 0.15) is 0 Å². The van der Waals surface area contributed by atoms with Gasteiger partial charge in [0.05, 0.1) is 6.17 Å². The molecule has 2 heteroatoms. The minimum Gasteiger partial charge on any atom is -0.316 e. The largest absolute Gasteiger partial charge is 0.316 e. The molecule has 0 aliphatic heterocycles. The fraction of sp³-hybridized carbons (Fsp3) is 1.00. The van der Waals surface area contributed by atoms with E-state index >= 15 is 0 Å². The third-order valence-electron chi connectivity index (χ3n) is 3.63. The Bertz CT molecular complexity index is 148. The number of rotatable bonds is 14. The highest BCUT2D eigenvalue weighted by atomic mass is 15.0. The summed E-state index contributed by atoms with van der Waals surface area (Å²) >= 11 is 0. The highest BCUT2D eigenvalue weighted by molar-refractivity contribution is 4.56. The van der Waals surface area contributed by atoms with Crippen molar-refractivity contribution >= 4 is 0 Å². The standard InChI is InChI=1S/C16H36N2/c1-3-5-6-7-8-9-10-11-12-13-14-15-18-16(17)4-2/h16,18H,3-15,17H2,1-2H3. The summed E-state index contributed by atoms with van der Waals surface area (Å²) in [4.78, 5) is 0. The van der Waals surface area contributed by atoms with Crippen LogP contribution in [0.3, 0.4) is 0 Å². The van der Waals surface area contributed by atoms with E-state index in [2.05, 4.69) is 19.2 Å². The lowest BCUT2D eigenvalue weighted by atomic mass is 10.1. The first-order valence-corrected chi connectivity index (χ1v) is 8.30. The van der Waals surface area contributed by atoms with Crippen molar-refractivity contribution in [2.45, 2.75) is 97.1 Å². The molecule has 1 atom stereocenters. The second kappa shape index (κ2) is 15.0. The topological polar surface area (TPSA) is 38.0 Å². The van der Waals surface area contributed by atoms with Crippen molar-refractivity contribution in [3.05, 3.63) is 0 Å². The van der Waals surface area contributed by atoms with Crippen LogP contribution in [-0.2, 0) is 0 Å². The Kier molecular flexibility index (Phi) is 14.9. The SMILES string of the molecule is CCCCCCCCCCCCCNC(N)CC. The van der Waals surface area contributed by atoms with E-state index in [9.17, 15) is 0 Å². The molecule has 0 aromatic rings. The maximum absolute atomic E-state index is 5.79. The third kappa shape index (κ3) is 14.0. The molecule has 0 aliphatic carbocycles. The third-order valence-corrected chi connectivity index (χ3v) is 3.63. The predicted molar refractivity (Wildman–Crippen MR) is 82.7 cm³/mol. The molecule has 0 saturated carbocycles. The minimum atomic E-state index is 0.202. The van der Waals surface area contributed by atoms with E-state index in [0.717, 1.165) is 13.0 Å². The van der Waals surface area contributed by atoms with Crippen LogP contribution in [0.25, 0.3) is 0 Å². The van der Waals surface area contributed by atoms with Crippen molar-refractivity contribution in [3.63, 3.8) is 0 Å². The maximum Gasteiger partial charge on any atom is 0.0543 e. The first-order chi connectivity index (χ1) is 8.81. The fourth-order valence-electron chi connectivity index (χ4n) is 2.22. The molecule has 1 unspecified atom stereocenters. The van der Waals surface area contributed by atoms with Crippen molar-refractivity contribution in [2.24, 2.45) is 5.73 Å². The van der Waals surface area contributed by atoms with Crippen molar-refractivity contribution in [1.29, 1.82) is 0 Å². The quantitative estimate of drug-likeness (QED) is 0.352. The molecule has 2 nitrogen and oxygen atoms in total. The molecule has 0 aliphatic rings. The molecular weight excluding hydrogens is 220 g/mol. The Labute approximate surface area is 115 Å². The van der Waals surface area contributed by atoms with E-state index in [4.69, 9.17) is 5.73 Å². The highest BCUT2D eigenvalue weighted by Gasteiger charge is 1.96. The van der Waals surface area contributed by atoms with Gasteiger partial charge in [0, 0.05) is 0 Å². The number of nitrogens with two attached hydrogens (primary N) is 1. The Morgan fingerprint density at radius 3 is 1.61 bits per heavy atom. The molecule has 0 radical (unpaired) electrons. The van der Waals surface area contributed by atoms with E-state index in [-0.39, 0.29) is 6.17 Å². The Hall–Kier alpha value is -0.0800. The van der Waals surface area contributed by atoms with Crippen LogP contribution in [0.15, 0.2) is 0 Å². The normalized spacial score (nSPS) is 12.8. The predicted octanol–water partition coefficient (Wildman–Crippen LogP) is 4.58. The summed E-state index contributed by atoms with van der Waals surface area (Å²) in [6.07, 6.45) is 16.7. The van der Waals surface area contributed by atoms with Crippen LogP contribution in [0.4, 0.5) is 0 Å². The van der Waals surface area contributed by atoms with Crippen molar-refractivity contribution < 1.29 is 0 Å². The summed E-state index contributed by atoms with van der Waals surface area (Å²) in [5.41, 5.74) is 5.79. The molecule has 3 N–H and O–H groups in total. The zero-order chi connectivity index (χ0) is 13.5. The molecule has 0 fully saturated rings. The highest BCUT2D eigenvalue weighted by Crippen LogP contribution is 2.10. The number of hydrogen-bond donors (Lipinski definition) is 2. The summed E-state index contributed by atoms with van der Waals surface area (Å²) in [5.74, 6) is 0. The lowest BCUT2D eigenvalue weighted by Crippen LogP contribution is -2.37. The van der Waals surface area contributed by atoms with E-state index in [1.54, 1.807) is 0 Å². The molecule has 0 heterocycles. The lowest BCUT2D eigenvalue weighted by molar-refractivity contribution is 0.486. The second-order valence-electron chi connectivity index (χ2n) is 5.50. The van der Waals surface area contributed by atoms with Gasteiger partial charge in [-0.3, -0.25) is 0 Å². The van der Waals surface area contributed by atoms with E-state index in [1.165, 1.54) is 70.6 Å². The molecule has 110 valence electrons. The average molecular weight is 256 g/mol. The maximum atomic E-state index is 5.79. The van der Waals surface area contributed by atoms with Gasteiger partial charge in [0.15, 0.2) is 0 Å². The van der Waals surface area contributed by atoms with Gasteiger partial charge < -0.3 is 11.1 Å². The van der Waals surface area contributed by atoms with E-state index in [1.807, 2.05) is 0 Å². The van der Waals surface area contributed by atoms with Crippen molar-refractivity contribution in [3.8, 4) is 0 Å². The van der Waals surface area contributed by atoms with Crippen LogP contribution in [0, 0.1) is 0 Å². The number of unbranched alkanes of at least 4 members (excludes halogenated alkanes) is 10. The first-order valence-electron chi connectivity index (χ1n) is 8.30. The van der Waals surface area contributed by atoms with Gasteiger partial charge in [-0.1, -0.05) is 78.1 Å². The monoisotopic (exact) mass is 256 g/mol. The zero-order valence-electron chi connectivity index (χ0n) is 12.8. The summed E-state index contributed by atoms with van der Waals surface area (Å²) < 4.78 is 0. The summed E-state index contributed by atoms with van der Waals surface area (Å²) in [6, 6.07) is 0. The van der Waals surface area contributed by atoms with E-state index in [0.29, 0.717) is 0 Å². The average Bonchev–Trinajstić information content (AvgIpc) is 2.39. The smallest absolute Gasteiger partial charge is 0.0543 e. The van der Waals surface area contributed by atoms with Gasteiger partial charge in [-0.2, -0.15) is 0 Å². The van der Waals surface area contributed by atoms with Gasteiger partial charge in [0.2, 0.25) is 0 Å². The van der Waals surface area contributed by atoms with E-state index < -0.39 is 0 Å². The van der Waals surface area contributed by atoms with Gasteiger partial charge in [0.25, 0.3) is 0 Å². The second-order valence-corrected chi connectivity index (χ2v) is 5.50. The van der Waals surface area contributed by atoms with Gasteiger partial charge in [-0.05, 0) is 19.4 Å². The molecule has 0 amide bonds. The van der Waals surface area contributed by atoms with Crippen molar-refractivity contribution in [2.75, 3.05) is 6.54 Å². The van der Waals surface area contributed by atoms with Crippen LogP contribution in [0.5, 0.6) is 0 Å². The van der Waals surface area contributed by atoms with Crippen LogP contribution in [0.2, 0.25) is 0 Å². The van der Waals surface area contributed by atoms with Gasteiger partial charge in [-0.25, -0.2) is 0 Å². The van der Waals surface area contributed by atoms with Gasteiger partial charge >= 0.3 is 0 Å². The molecule has 18 heavy (non-hydrogen) atoms. The number of nitrogens with one attached hydrogen (secondary N) is 1. The molecule has 0 aromatic carbocycles. The molecule has 0 rings (SSSR count). The van der Waals surface area contributed by atoms with Crippen LogP contribution < -0.4 is 11.1 Å².